The van der Waals surface area contributed by atoms with Crippen LogP contribution in [-0.2, 0) is 4.74 Å². The van der Waals surface area contributed by atoms with E-state index in [-0.39, 0.29) is 18.4 Å². The SMILES string of the molecule is COC(=O)c1ccc(C2CCCN(c3ccc(Cl)cc3)C2)cc1OC.Cl. The molecule has 0 amide bonds. The number of benzene rings is 2. The molecule has 1 fully saturated rings. The summed E-state index contributed by atoms with van der Waals surface area (Å²) < 4.78 is 10.2. The summed E-state index contributed by atoms with van der Waals surface area (Å²) in [4.78, 5) is 14.2. The van der Waals surface area contributed by atoms with Crippen LogP contribution < -0.4 is 9.64 Å². The van der Waals surface area contributed by atoms with Gasteiger partial charge in [-0.25, -0.2) is 4.79 Å². The topological polar surface area (TPSA) is 38.8 Å². The smallest absolute Gasteiger partial charge is 0.341 e. The van der Waals surface area contributed by atoms with Crippen molar-refractivity contribution in [3.63, 3.8) is 0 Å². The van der Waals surface area contributed by atoms with Crippen molar-refractivity contribution < 1.29 is 14.3 Å². The Kier molecular flexibility index (Phi) is 7.18. The van der Waals surface area contributed by atoms with E-state index >= 15 is 0 Å². The molecule has 6 heteroatoms. The van der Waals surface area contributed by atoms with E-state index in [9.17, 15) is 4.79 Å². The lowest BCUT2D eigenvalue weighted by molar-refractivity contribution is 0.0597. The van der Waals surface area contributed by atoms with Gasteiger partial charge in [-0.2, -0.15) is 0 Å². The minimum Gasteiger partial charge on any atom is -0.496 e. The largest absolute Gasteiger partial charge is 0.496 e. The maximum Gasteiger partial charge on any atom is 0.341 e. The van der Waals surface area contributed by atoms with Crippen LogP contribution in [0.4, 0.5) is 5.69 Å². The number of carbonyl (C=O) groups is 1. The van der Waals surface area contributed by atoms with Crippen molar-refractivity contribution in [2.45, 2.75) is 18.8 Å². The van der Waals surface area contributed by atoms with E-state index in [2.05, 4.69) is 17.0 Å². The Labute approximate surface area is 165 Å². The van der Waals surface area contributed by atoms with Crippen LogP contribution in [0, 0.1) is 0 Å². The van der Waals surface area contributed by atoms with Gasteiger partial charge in [0, 0.05) is 29.7 Å². The van der Waals surface area contributed by atoms with E-state index in [0.29, 0.717) is 17.2 Å². The highest BCUT2D eigenvalue weighted by Gasteiger charge is 2.23. The standard InChI is InChI=1S/C20H22ClNO3.ClH/c1-24-19-12-14(5-10-18(19)20(23)25-2)15-4-3-11-22(13-15)17-8-6-16(21)7-9-17;/h5-10,12,15H,3-4,11,13H2,1-2H3;1H. The van der Waals surface area contributed by atoms with Gasteiger partial charge in [0.15, 0.2) is 0 Å². The third-order valence-corrected chi connectivity index (χ3v) is 4.97. The number of hydrogen-bond acceptors (Lipinski definition) is 4. The number of carbonyl (C=O) groups excluding carboxylic acids is 1. The van der Waals surface area contributed by atoms with E-state index in [4.69, 9.17) is 21.1 Å². The van der Waals surface area contributed by atoms with Gasteiger partial charge >= 0.3 is 5.97 Å². The minimum atomic E-state index is -0.380. The molecule has 1 aliphatic heterocycles. The predicted octanol–water partition coefficient (Wildman–Crippen LogP) is 4.94. The molecular weight excluding hydrogens is 373 g/mol. The van der Waals surface area contributed by atoms with Crippen LogP contribution in [0.2, 0.25) is 5.02 Å². The summed E-state index contributed by atoms with van der Waals surface area (Å²) >= 11 is 5.99. The fourth-order valence-corrected chi connectivity index (χ4v) is 3.50. The zero-order valence-electron chi connectivity index (χ0n) is 14.9. The average Bonchev–Trinajstić information content (AvgIpc) is 2.67. The first-order valence-corrected chi connectivity index (χ1v) is 8.77. The molecule has 1 aliphatic rings. The lowest BCUT2D eigenvalue weighted by atomic mass is 9.89. The van der Waals surface area contributed by atoms with Crippen LogP contribution >= 0.6 is 24.0 Å². The average molecular weight is 396 g/mol. The van der Waals surface area contributed by atoms with Crippen LogP contribution in [-0.4, -0.2) is 33.3 Å². The first kappa shape index (κ1) is 20.4. The zero-order chi connectivity index (χ0) is 17.8. The third-order valence-electron chi connectivity index (χ3n) is 4.72. The molecule has 0 aromatic heterocycles. The van der Waals surface area contributed by atoms with Crippen molar-refractivity contribution in [1.82, 2.24) is 0 Å². The molecule has 2 aromatic rings. The molecule has 1 atom stereocenters. The number of anilines is 1. The van der Waals surface area contributed by atoms with E-state index in [1.54, 1.807) is 13.2 Å². The van der Waals surface area contributed by atoms with Crippen LogP contribution in [0.5, 0.6) is 5.75 Å². The molecule has 140 valence electrons. The van der Waals surface area contributed by atoms with Gasteiger partial charge in [0.1, 0.15) is 11.3 Å². The second kappa shape index (κ2) is 9.15. The number of rotatable bonds is 4. The third kappa shape index (κ3) is 4.43. The van der Waals surface area contributed by atoms with Gasteiger partial charge in [-0.1, -0.05) is 17.7 Å². The molecule has 2 aromatic carbocycles. The molecule has 1 unspecified atom stereocenters. The monoisotopic (exact) mass is 395 g/mol. The molecule has 0 saturated carbocycles. The second-order valence-corrected chi connectivity index (χ2v) is 6.65. The summed E-state index contributed by atoms with van der Waals surface area (Å²) in [6, 6.07) is 13.7. The number of hydrogen-bond donors (Lipinski definition) is 0. The van der Waals surface area contributed by atoms with Crippen LogP contribution in [0.25, 0.3) is 0 Å². The van der Waals surface area contributed by atoms with Gasteiger partial charge in [0.25, 0.3) is 0 Å². The van der Waals surface area contributed by atoms with Crippen molar-refractivity contribution in [3.05, 3.63) is 58.6 Å². The lowest BCUT2D eigenvalue weighted by Crippen LogP contribution is -2.34. The Hall–Kier alpha value is -1.91. The molecule has 1 heterocycles. The van der Waals surface area contributed by atoms with Crippen molar-refractivity contribution in [2.24, 2.45) is 0 Å². The van der Waals surface area contributed by atoms with Gasteiger partial charge in [0.2, 0.25) is 0 Å². The quantitative estimate of drug-likeness (QED) is 0.687. The maximum absolute atomic E-state index is 11.8. The van der Waals surface area contributed by atoms with Crippen molar-refractivity contribution in [2.75, 3.05) is 32.2 Å². The summed E-state index contributed by atoms with van der Waals surface area (Å²) in [6.45, 7) is 1.97. The Morgan fingerprint density at radius 2 is 1.88 bits per heavy atom. The molecular formula is C20H23Cl2NO3. The van der Waals surface area contributed by atoms with Gasteiger partial charge in [-0.05, 0) is 54.8 Å². The normalized spacial score (nSPS) is 16.6. The van der Waals surface area contributed by atoms with Gasteiger partial charge in [0.05, 0.1) is 14.2 Å². The fourth-order valence-electron chi connectivity index (χ4n) is 3.38. The molecule has 4 nitrogen and oxygen atoms in total. The minimum absolute atomic E-state index is 0. The van der Waals surface area contributed by atoms with Crippen molar-refractivity contribution in [1.29, 1.82) is 0 Å². The zero-order valence-corrected chi connectivity index (χ0v) is 16.5. The van der Waals surface area contributed by atoms with Gasteiger partial charge < -0.3 is 14.4 Å². The Morgan fingerprint density at radius 3 is 2.54 bits per heavy atom. The molecule has 0 radical (unpaired) electrons. The van der Waals surface area contributed by atoms with Crippen molar-refractivity contribution >= 4 is 35.7 Å². The lowest BCUT2D eigenvalue weighted by Gasteiger charge is -2.35. The molecule has 1 saturated heterocycles. The second-order valence-electron chi connectivity index (χ2n) is 6.21. The molecule has 0 bridgehead atoms. The molecule has 3 rings (SSSR count). The Balaban J connectivity index is 0.00000243. The number of ether oxygens (including phenoxy) is 2. The fraction of sp³-hybridized carbons (Fsp3) is 0.350. The van der Waals surface area contributed by atoms with Crippen LogP contribution in [0.1, 0.15) is 34.7 Å². The maximum atomic E-state index is 11.8. The Morgan fingerprint density at radius 1 is 1.15 bits per heavy atom. The van der Waals surface area contributed by atoms with Gasteiger partial charge in [-0.15, -0.1) is 12.4 Å². The first-order chi connectivity index (χ1) is 12.1. The van der Waals surface area contributed by atoms with Gasteiger partial charge in [-0.3, -0.25) is 0 Å². The first-order valence-electron chi connectivity index (χ1n) is 8.39. The summed E-state index contributed by atoms with van der Waals surface area (Å²) in [5.41, 5.74) is 2.83. The van der Waals surface area contributed by atoms with E-state index < -0.39 is 0 Å². The molecule has 0 N–H and O–H groups in total. The number of esters is 1. The molecule has 0 aliphatic carbocycles. The highest BCUT2D eigenvalue weighted by atomic mass is 35.5. The highest BCUT2D eigenvalue weighted by Crippen LogP contribution is 2.33. The molecule has 26 heavy (non-hydrogen) atoms. The molecule has 0 spiro atoms. The van der Waals surface area contributed by atoms with E-state index in [1.165, 1.54) is 18.4 Å². The Bertz CT molecular complexity index is 749. The number of methoxy groups -OCH3 is 2. The van der Waals surface area contributed by atoms with E-state index in [1.807, 2.05) is 24.3 Å². The van der Waals surface area contributed by atoms with Crippen molar-refractivity contribution in [3.8, 4) is 5.75 Å². The predicted molar refractivity (Wildman–Crippen MR) is 107 cm³/mol. The summed E-state index contributed by atoms with van der Waals surface area (Å²) in [5, 5.41) is 0.750. The van der Waals surface area contributed by atoms with Crippen LogP contribution in [0.3, 0.4) is 0 Å². The van der Waals surface area contributed by atoms with Crippen LogP contribution in [0.15, 0.2) is 42.5 Å². The summed E-state index contributed by atoms with van der Waals surface area (Å²) in [6.07, 6.45) is 2.24. The summed E-state index contributed by atoms with van der Waals surface area (Å²) in [7, 11) is 2.95. The number of piperidine rings is 1. The highest BCUT2D eigenvalue weighted by molar-refractivity contribution is 6.30. The van der Waals surface area contributed by atoms with E-state index in [0.717, 1.165) is 31.0 Å². The number of halogens is 2. The number of nitrogens with zero attached hydrogens (tertiary/aromatic N) is 1. The summed E-state index contributed by atoms with van der Waals surface area (Å²) in [5.74, 6) is 0.577.